The van der Waals surface area contributed by atoms with Gasteiger partial charge < -0.3 is 72.0 Å². The van der Waals surface area contributed by atoms with Crippen LogP contribution < -0.4 is 60.7 Å². The van der Waals surface area contributed by atoms with E-state index in [2.05, 4.69) is 150 Å². The molecule has 33 nitrogen and oxygen atoms in total. The maximum Gasteiger partial charge on any atom is 0.350 e. The Balaban J connectivity index is 0.000000140. The molecule has 9 aromatic carbocycles. The molecule has 0 saturated carbocycles. The first-order chi connectivity index (χ1) is 72.4. The average Bonchev–Trinajstić information content (AvgIpc) is 1.65. The topological polar surface area (TPSA) is 291 Å². The summed E-state index contributed by atoms with van der Waals surface area (Å²) >= 11 is 38.4. The van der Waals surface area contributed by atoms with Crippen molar-refractivity contribution in [3.63, 3.8) is 0 Å². The van der Waals surface area contributed by atoms with Crippen molar-refractivity contribution in [3.05, 3.63) is 364 Å². The van der Waals surface area contributed by atoms with E-state index in [9.17, 15) is 14.4 Å². The van der Waals surface area contributed by atoms with E-state index in [-0.39, 0.29) is 60.1 Å². The van der Waals surface area contributed by atoms with Gasteiger partial charge in [0.1, 0.15) is 80.9 Å². The lowest BCUT2D eigenvalue weighted by Crippen LogP contribution is -2.46. The van der Waals surface area contributed by atoms with Gasteiger partial charge in [-0.15, -0.1) is 0 Å². The van der Waals surface area contributed by atoms with Gasteiger partial charge in [0.05, 0.1) is 88.7 Å². The lowest BCUT2D eigenvalue weighted by molar-refractivity contribution is -0.192. The summed E-state index contributed by atoms with van der Waals surface area (Å²) in [6.45, 7) is 25.0. The standard InChI is InChI=1S/C38H40Cl2N6O4.C37H39Cl2N7O4.C35H38Cl2N8O4/c1-3-27(2)46-37(47)45(26-42-46)32-7-5-30(6-8-32)43-18-20-44(21-19-43)31-9-11-33(12-10-31)48-24-34-25-49-38(50-34,23-28-14-16-41-17-15-28)35-13-4-29(39)22-36(35)40;1-3-26(2)46-36(47)45(25-42-46)31-7-5-29(6-8-31)43-16-18-44(19-17-43)30-9-11-32(12-10-30)48-23-33-24-49-37(50-33,21-27-14-15-40-41-22-27)34-13-4-28(38)20-35(34)39;1-3-25(2)45-34(46)43(24-40-45)29-7-5-27(6-8-29)41-16-18-42(19-17-41)28-9-11-30(12-10-28)47-21-31-22-48-35(49-31,23-44-38-14-15-39-44)32-13-4-26(36)20-33(32)37/h4-17,22,26-27,34H,3,18-21,23-25H2,1-2H3;4-15,20,22,25-26,33H,3,16-19,21,23-24H2,1-2H3;4-15,20,24-25,31H,3,16-19,21-23H2,1-2H3. The molecule has 149 heavy (non-hydrogen) atoms. The van der Waals surface area contributed by atoms with Gasteiger partial charge >= 0.3 is 17.1 Å². The Bertz CT molecular complexity index is 6860. The Kier molecular flexibility index (Phi) is 33.2. The van der Waals surface area contributed by atoms with Gasteiger partial charge in [0.15, 0.2) is 0 Å². The smallest absolute Gasteiger partial charge is 0.350 e. The quantitative estimate of drug-likeness (QED) is 0.0369. The molecule has 21 rings (SSSR count). The molecular formula is C110H117Cl6N21O12. The van der Waals surface area contributed by atoms with E-state index in [0.717, 1.165) is 183 Å². The van der Waals surface area contributed by atoms with Crippen LogP contribution in [0.1, 0.15) is 107 Å². The van der Waals surface area contributed by atoms with Gasteiger partial charge in [-0.1, -0.05) is 109 Å². The van der Waals surface area contributed by atoms with Crippen LogP contribution in [0.15, 0.2) is 289 Å². The third-order valence-electron chi connectivity index (χ3n) is 28.0. The number of aromatic nitrogens is 15. The monoisotopic (exact) mass is 2130 g/mol. The summed E-state index contributed by atoms with van der Waals surface area (Å²) in [6.07, 6.45) is 17.3. The van der Waals surface area contributed by atoms with E-state index in [0.29, 0.717) is 93.7 Å². The molecule has 0 spiro atoms. The summed E-state index contributed by atoms with van der Waals surface area (Å²) in [7, 11) is 0. The molecular weight excluding hydrogens is 2020 g/mol. The molecule has 9 atom stereocenters. The second kappa shape index (κ2) is 47.4. The van der Waals surface area contributed by atoms with Gasteiger partial charge in [-0.25, -0.2) is 42.1 Å². The fraction of sp³-hybridized carbons (Fsp3) is 0.355. The summed E-state index contributed by atoms with van der Waals surface area (Å²) in [5.41, 5.74) is 12.9. The minimum Gasteiger partial charge on any atom is -0.491 e. The molecule has 39 heteroatoms. The van der Waals surface area contributed by atoms with E-state index in [4.69, 9.17) is 112 Å². The number of ether oxygens (including phenoxy) is 9. The van der Waals surface area contributed by atoms with Crippen molar-refractivity contribution in [3.8, 4) is 34.3 Å². The van der Waals surface area contributed by atoms with Crippen molar-refractivity contribution in [2.45, 2.75) is 134 Å². The molecule has 9 unspecified atom stereocenters. The van der Waals surface area contributed by atoms with Gasteiger partial charge in [-0.2, -0.15) is 40.5 Å². The summed E-state index contributed by atoms with van der Waals surface area (Å²) in [5.74, 6) is -1.09. The summed E-state index contributed by atoms with van der Waals surface area (Å²) in [4.78, 5) is 58.3. The normalized spacial score (nSPS) is 20.0. The first-order valence-electron chi connectivity index (χ1n) is 50.2. The zero-order valence-electron chi connectivity index (χ0n) is 83.5. The van der Waals surface area contributed by atoms with Crippen molar-refractivity contribution >= 4 is 104 Å². The molecule has 6 saturated heterocycles. The second-order valence-electron chi connectivity index (χ2n) is 37.6. The molecule has 15 aromatic rings. The first-order valence-corrected chi connectivity index (χ1v) is 52.5. The highest BCUT2D eigenvalue weighted by Crippen LogP contribution is 2.46. The number of hydrogen-bond donors (Lipinski definition) is 0. The maximum absolute atomic E-state index is 12.8. The van der Waals surface area contributed by atoms with Gasteiger partial charge in [0.2, 0.25) is 17.4 Å². The van der Waals surface area contributed by atoms with Crippen molar-refractivity contribution in [1.82, 2.24) is 73.2 Å². The molecule has 6 aliphatic heterocycles. The van der Waals surface area contributed by atoms with E-state index in [1.165, 1.54) is 9.48 Å². The Morgan fingerprint density at radius 2 is 0.611 bits per heavy atom. The number of halogens is 6. The fourth-order valence-electron chi connectivity index (χ4n) is 19.1. The number of pyridine rings is 1. The summed E-state index contributed by atoms with van der Waals surface area (Å²) < 4.78 is 66.4. The first kappa shape index (κ1) is 104. The molecule has 0 bridgehead atoms. The Morgan fingerprint density at radius 3 is 0.913 bits per heavy atom. The van der Waals surface area contributed by atoms with Crippen LogP contribution >= 0.6 is 69.6 Å². The highest BCUT2D eigenvalue weighted by molar-refractivity contribution is 6.36. The van der Waals surface area contributed by atoms with Gasteiger partial charge in [-0.3, -0.25) is 4.98 Å². The second-order valence-corrected chi connectivity index (χ2v) is 40.2. The Labute approximate surface area is 893 Å². The highest BCUT2D eigenvalue weighted by atomic mass is 35.5. The zero-order valence-corrected chi connectivity index (χ0v) is 88.0. The number of piperazine rings is 3. The zero-order chi connectivity index (χ0) is 103. The minimum atomic E-state index is -1.18. The largest absolute Gasteiger partial charge is 0.491 e. The van der Waals surface area contributed by atoms with Crippen LogP contribution in [0, 0.1) is 0 Å². The average molecular weight is 2140 g/mol. The van der Waals surface area contributed by atoms with E-state index < -0.39 is 17.4 Å². The Hall–Kier alpha value is -13.1. The third-order valence-corrected chi connectivity index (χ3v) is 29.7. The number of hydrogen-bond acceptors (Lipinski definition) is 26. The van der Waals surface area contributed by atoms with E-state index in [1.54, 1.807) is 122 Å². The van der Waals surface area contributed by atoms with E-state index in [1.807, 2.05) is 138 Å². The van der Waals surface area contributed by atoms with Crippen molar-refractivity contribution < 1.29 is 42.6 Å². The predicted molar refractivity (Wildman–Crippen MR) is 578 cm³/mol. The molecule has 6 aromatic heterocycles. The summed E-state index contributed by atoms with van der Waals surface area (Å²) in [5, 5.41) is 32.3. The minimum absolute atomic E-state index is 0.0643. The van der Waals surface area contributed by atoms with Crippen LogP contribution in [0.25, 0.3) is 17.1 Å². The molecule has 0 amide bonds. The van der Waals surface area contributed by atoms with E-state index >= 15 is 0 Å². The van der Waals surface area contributed by atoms with Crippen LogP contribution in [0.2, 0.25) is 30.1 Å². The van der Waals surface area contributed by atoms with Crippen molar-refractivity contribution in [1.29, 1.82) is 0 Å². The molecule has 0 radical (unpaired) electrons. The fourth-order valence-corrected chi connectivity index (χ4v) is 20.8. The van der Waals surface area contributed by atoms with Crippen LogP contribution in [-0.4, -0.2) is 210 Å². The third kappa shape index (κ3) is 24.3. The molecule has 0 N–H and O–H groups in total. The number of benzene rings is 9. The van der Waals surface area contributed by atoms with Gasteiger partial charge in [-0.05, 0) is 251 Å². The SMILES string of the molecule is CCC(C)n1ncn(-c2ccc(N3CCN(c4ccc(OCC5COC(Cc6ccncc6)(c6ccc(Cl)cc6Cl)O5)cc4)CC3)cc2)c1=O.CCC(C)n1ncn(-c2ccc(N3CCN(c4ccc(OCC5COC(Cc6ccnnc6)(c6ccc(Cl)cc6Cl)O5)cc4)CC3)cc2)c1=O.CCC(C)n1ncn(-c2ccc(N3CCN(c4ccc(OCC5COC(Cn6nccn6)(c6ccc(Cl)cc6Cl)O5)cc4)CC3)cc2)c1=O. The van der Waals surface area contributed by atoms with Crippen LogP contribution in [0.4, 0.5) is 34.1 Å². The molecule has 0 aliphatic carbocycles. The lowest BCUT2D eigenvalue weighted by atomic mass is 9.98. The molecule has 776 valence electrons. The van der Waals surface area contributed by atoms with Crippen LogP contribution in [-0.2, 0) is 65.2 Å². The van der Waals surface area contributed by atoms with Crippen molar-refractivity contribution in [2.75, 3.05) is 148 Å². The predicted octanol–water partition coefficient (Wildman–Crippen LogP) is 18.8. The number of rotatable bonds is 33. The number of anilines is 6. The van der Waals surface area contributed by atoms with Crippen molar-refractivity contribution in [2.24, 2.45) is 0 Å². The Morgan fingerprint density at radius 1 is 0.329 bits per heavy atom. The summed E-state index contributed by atoms with van der Waals surface area (Å²) in [6, 6.07) is 70.8. The van der Waals surface area contributed by atoms with Gasteiger partial charge in [0.25, 0.3) is 0 Å². The molecule has 12 heterocycles. The molecule has 6 aliphatic rings. The maximum atomic E-state index is 12.8. The lowest BCUT2D eigenvalue weighted by Gasteiger charge is -2.37. The van der Waals surface area contributed by atoms with Crippen LogP contribution in [0.5, 0.6) is 17.2 Å². The highest BCUT2D eigenvalue weighted by Gasteiger charge is 2.49. The van der Waals surface area contributed by atoms with Gasteiger partial charge in [0, 0.05) is 176 Å². The van der Waals surface area contributed by atoms with Crippen LogP contribution in [0.3, 0.4) is 0 Å². The number of nitrogens with zero attached hydrogens (tertiary/aromatic N) is 21. The molecule has 6 fully saturated rings.